The molecule has 1 atom stereocenters. The summed E-state index contributed by atoms with van der Waals surface area (Å²) >= 11 is 4.34. The van der Waals surface area contributed by atoms with Crippen LogP contribution in [-0.4, -0.2) is 31.7 Å². The SMILES string of the molecule is COc1ccc(OC(S)N(C)C)cc1C(C)C. The molecule has 0 spiro atoms. The van der Waals surface area contributed by atoms with Gasteiger partial charge in [-0.2, -0.15) is 0 Å². The van der Waals surface area contributed by atoms with Crippen molar-refractivity contribution >= 4 is 12.6 Å². The molecule has 1 aromatic carbocycles. The first-order valence-corrected chi connectivity index (χ1v) is 6.16. The van der Waals surface area contributed by atoms with Gasteiger partial charge in [0.2, 0.25) is 0 Å². The van der Waals surface area contributed by atoms with Gasteiger partial charge in [0, 0.05) is 5.56 Å². The Labute approximate surface area is 109 Å². The molecule has 0 aliphatic rings. The summed E-state index contributed by atoms with van der Waals surface area (Å²) in [5.74, 6) is 2.10. The minimum atomic E-state index is -0.247. The molecule has 1 rings (SSSR count). The van der Waals surface area contributed by atoms with E-state index in [1.54, 1.807) is 7.11 Å². The van der Waals surface area contributed by atoms with Crippen LogP contribution in [0.3, 0.4) is 0 Å². The molecule has 0 saturated heterocycles. The summed E-state index contributed by atoms with van der Waals surface area (Å²) in [6.07, 6.45) is 0. The van der Waals surface area contributed by atoms with Crippen LogP contribution in [-0.2, 0) is 0 Å². The molecule has 0 fully saturated rings. The van der Waals surface area contributed by atoms with Crippen molar-refractivity contribution in [2.45, 2.75) is 25.3 Å². The second-order valence-electron chi connectivity index (χ2n) is 4.47. The van der Waals surface area contributed by atoms with Crippen molar-refractivity contribution in [3.8, 4) is 11.5 Å². The van der Waals surface area contributed by atoms with Crippen molar-refractivity contribution in [1.82, 2.24) is 4.90 Å². The predicted molar refractivity (Wildman–Crippen MR) is 74.2 cm³/mol. The fraction of sp³-hybridized carbons (Fsp3) is 0.538. The zero-order valence-corrected chi connectivity index (χ0v) is 12.0. The van der Waals surface area contributed by atoms with Crippen molar-refractivity contribution in [3.05, 3.63) is 23.8 Å². The van der Waals surface area contributed by atoms with Crippen molar-refractivity contribution in [3.63, 3.8) is 0 Å². The number of rotatable bonds is 5. The highest BCUT2D eigenvalue weighted by Crippen LogP contribution is 2.30. The number of hydrogen-bond acceptors (Lipinski definition) is 4. The van der Waals surface area contributed by atoms with E-state index in [2.05, 4.69) is 26.5 Å². The van der Waals surface area contributed by atoms with E-state index in [4.69, 9.17) is 9.47 Å². The van der Waals surface area contributed by atoms with E-state index in [0.717, 1.165) is 17.1 Å². The Kier molecular flexibility index (Phi) is 5.15. The van der Waals surface area contributed by atoms with Gasteiger partial charge in [0.25, 0.3) is 0 Å². The Bertz CT molecular complexity index is 366. The van der Waals surface area contributed by atoms with Gasteiger partial charge in [-0.1, -0.05) is 13.8 Å². The molecule has 1 aromatic rings. The minimum Gasteiger partial charge on any atom is -0.496 e. The highest BCUT2D eigenvalue weighted by atomic mass is 32.1. The maximum Gasteiger partial charge on any atom is 0.197 e. The first kappa shape index (κ1) is 14.2. The average molecular weight is 255 g/mol. The predicted octanol–water partition coefficient (Wildman–Crippen LogP) is 2.97. The summed E-state index contributed by atoms with van der Waals surface area (Å²) in [6, 6.07) is 5.84. The number of nitrogens with zero attached hydrogens (tertiary/aromatic N) is 1. The lowest BCUT2D eigenvalue weighted by atomic mass is 10.0. The smallest absolute Gasteiger partial charge is 0.197 e. The van der Waals surface area contributed by atoms with Crippen LogP contribution in [0.4, 0.5) is 0 Å². The van der Waals surface area contributed by atoms with Crippen molar-refractivity contribution in [2.24, 2.45) is 0 Å². The molecular weight excluding hydrogens is 234 g/mol. The van der Waals surface area contributed by atoms with Crippen LogP contribution >= 0.6 is 12.6 Å². The molecule has 0 bridgehead atoms. The Morgan fingerprint density at radius 2 is 1.88 bits per heavy atom. The molecule has 0 aliphatic carbocycles. The third-order valence-electron chi connectivity index (χ3n) is 2.51. The second kappa shape index (κ2) is 6.17. The lowest BCUT2D eigenvalue weighted by molar-refractivity contribution is 0.146. The third-order valence-corrected chi connectivity index (χ3v) is 3.07. The first-order valence-electron chi connectivity index (χ1n) is 5.64. The zero-order valence-electron chi connectivity index (χ0n) is 11.1. The average Bonchev–Trinajstić information content (AvgIpc) is 2.28. The van der Waals surface area contributed by atoms with Crippen LogP contribution in [0.15, 0.2) is 18.2 Å². The maximum atomic E-state index is 5.70. The zero-order chi connectivity index (χ0) is 13.0. The lowest BCUT2D eigenvalue weighted by Crippen LogP contribution is -2.27. The summed E-state index contributed by atoms with van der Waals surface area (Å²) in [5.41, 5.74) is 0.896. The quantitative estimate of drug-likeness (QED) is 0.646. The number of ether oxygens (including phenoxy) is 2. The van der Waals surface area contributed by atoms with Crippen LogP contribution in [0, 0.1) is 0 Å². The molecule has 0 N–H and O–H groups in total. The molecule has 3 nitrogen and oxygen atoms in total. The summed E-state index contributed by atoms with van der Waals surface area (Å²) in [7, 11) is 5.53. The summed E-state index contributed by atoms with van der Waals surface area (Å²) in [4.78, 5) is 1.89. The molecule has 4 heteroatoms. The van der Waals surface area contributed by atoms with E-state index in [0.29, 0.717) is 5.92 Å². The van der Waals surface area contributed by atoms with Gasteiger partial charge in [0.1, 0.15) is 11.5 Å². The molecule has 0 radical (unpaired) electrons. The maximum absolute atomic E-state index is 5.70. The number of thiol groups is 1. The van der Waals surface area contributed by atoms with Crippen molar-refractivity contribution in [2.75, 3.05) is 21.2 Å². The fourth-order valence-corrected chi connectivity index (χ4v) is 1.59. The third kappa shape index (κ3) is 3.82. The molecule has 0 aliphatic heterocycles. The van der Waals surface area contributed by atoms with Gasteiger partial charge in [-0.3, -0.25) is 4.90 Å². The van der Waals surface area contributed by atoms with E-state index in [1.165, 1.54) is 0 Å². The Hall–Kier alpha value is -0.870. The van der Waals surface area contributed by atoms with Gasteiger partial charge in [-0.25, -0.2) is 0 Å². The second-order valence-corrected chi connectivity index (χ2v) is 4.91. The van der Waals surface area contributed by atoms with Crippen molar-refractivity contribution in [1.29, 1.82) is 0 Å². The van der Waals surface area contributed by atoms with Gasteiger partial charge in [-0.15, -0.1) is 12.6 Å². The normalized spacial score (nSPS) is 12.9. The highest BCUT2D eigenvalue weighted by molar-refractivity contribution is 7.80. The molecule has 17 heavy (non-hydrogen) atoms. The van der Waals surface area contributed by atoms with E-state index >= 15 is 0 Å². The first-order chi connectivity index (χ1) is 7.95. The minimum absolute atomic E-state index is 0.247. The topological polar surface area (TPSA) is 21.7 Å². The van der Waals surface area contributed by atoms with Gasteiger partial charge in [-0.05, 0) is 38.2 Å². The molecule has 0 aromatic heterocycles. The van der Waals surface area contributed by atoms with E-state index < -0.39 is 0 Å². The van der Waals surface area contributed by atoms with Gasteiger partial charge >= 0.3 is 0 Å². The molecule has 1 unspecified atom stereocenters. The van der Waals surface area contributed by atoms with Crippen LogP contribution in [0.5, 0.6) is 11.5 Å². The number of benzene rings is 1. The summed E-state index contributed by atoms with van der Waals surface area (Å²) in [6.45, 7) is 4.26. The molecule has 0 amide bonds. The Balaban J connectivity index is 2.92. The van der Waals surface area contributed by atoms with Crippen LogP contribution in [0.2, 0.25) is 0 Å². The lowest BCUT2D eigenvalue weighted by Gasteiger charge is -2.21. The highest BCUT2D eigenvalue weighted by Gasteiger charge is 2.11. The van der Waals surface area contributed by atoms with E-state index in [1.807, 2.05) is 37.2 Å². The monoisotopic (exact) mass is 255 g/mol. The number of methoxy groups -OCH3 is 1. The van der Waals surface area contributed by atoms with Gasteiger partial charge in [0.05, 0.1) is 7.11 Å². The summed E-state index contributed by atoms with van der Waals surface area (Å²) < 4.78 is 11.0. The Morgan fingerprint density at radius 1 is 1.24 bits per heavy atom. The van der Waals surface area contributed by atoms with Crippen LogP contribution in [0.25, 0.3) is 0 Å². The molecular formula is C13H21NO2S. The van der Waals surface area contributed by atoms with Gasteiger partial charge < -0.3 is 9.47 Å². The molecule has 0 saturated carbocycles. The standard InChI is InChI=1S/C13H21NO2S/c1-9(2)11-8-10(6-7-12(11)15-5)16-13(17)14(3)4/h6-9,13,17H,1-5H3. The van der Waals surface area contributed by atoms with Crippen LogP contribution < -0.4 is 9.47 Å². The molecule has 96 valence electrons. The van der Waals surface area contributed by atoms with E-state index in [9.17, 15) is 0 Å². The largest absolute Gasteiger partial charge is 0.496 e. The summed E-state index contributed by atoms with van der Waals surface area (Å²) in [5, 5.41) is 0. The van der Waals surface area contributed by atoms with Crippen LogP contribution in [0.1, 0.15) is 25.3 Å². The Morgan fingerprint density at radius 3 is 2.35 bits per heavy atom. The fourth-order valence-electron chi connectivity index (χ4n) is 1.46. The van der Waals surface area contributed by atoms with E-state index in [-0.39, 0.29) is 5.56 Å². The number of hydrogen-bond donors (Lipinski definition) is 1. The molecule has 0 heterocycles. The van der Waals surface area contributed by atoms with Gasteiger partial charge in [0.15, 0.2) is 5.56 Å². The van der Waals surface area contributed by atoms with Crippen molar-refractivity contribution < 1.29 is 9.47 Å².